The lowest BCUT2D eigenvalue weighted by Gasteiger charge is -2.14. The number of anilines is 3. The zero-order valence-corrected chi connectivity index (χ0v) is 23.0. The SMILES string of the molecule is COc1cc(CC(=O)Nc2ccc(C(CNC(=O)CCC(=O)O)C(=O)O)nc2)ccc1NC(=O)Nc1ccccc1C. The lowest BCUT2D eigenvalue weighted by molar-refractivity contribution is -0.140. The number of ether oxygens (including phenoxy) is 1. The van der Waals surface area contributed by atoms with Crippen LogP contribution in [0.4, 0.5) is 21.9 Å². The number of rotatable bonds is 13. The van der Waals surface area contributed by atoms with Crippen LogP contribution in [0.15, 0.2) is 60.8 Å². The van der Waals surface area contributed by atoms with E-state index in [0.29, 0.717) is 28.4 Å². The summed E-state index contributed by atoms with van der Waals surface area (Å²) < 4.78 is 5.39. The van der Waals surface area contributed by atoms with Crippen molar-refractivity contribution in [2.75, 3.05) is 29.6 Å². The number of aryl methyl sites for hydroxylation is 1. The van der Waals surface area contributed by atoms with Crippen LogP contribution in [-0.4, -0.2) is 58.6 Å². The van der Waals surface area contributed by atoms with Gasteiger partial charge in [-0.15, -0.1) is 0 Å². The quantitative estimate of drug-likeness (QED) is 0.176. The molecule has 0 radical (unpaired) electrons. The number of amides is 4. The van der Waals surface area contributed by atoms with Crippen molar-refractivity contribution in [3.05, 3.63) is 77.6 Å². The number of hydrogen-bond donors (Lipinski definition) is 6. The van der Waals surface area contributed by atoms with Gasteiger partial charge in [0.15, 0.2) is 0 Å². The van der Waals surface area contributed by atoms with Gasteiger partial charge in [-0.1, -0.05) is 24.3 Å². The molecule has 0 saturated carbocycles. The Balaban J connectivity index is 1.57. The molecule has 0 saturated heterocycles. The molecule has 4 amide bonds. The molecule has 3 aromatic rings. The van der Waals surface area contributed by atoms with E-state index in [2.05, 4.69) is 26.3 Å². The molecule has 0 aliphatic heterocycles. The van der Waals surface area contributed by atoms with E-state index >= 15 is 0 Å². The number of benzene rings is 2. The number of carboxylic acid groups (broad SMARTS) is 2. The fourth-order valence-corrected chi connectivity index (χ4v) is 3.86. The molecule has 1 heterocycles. The molecule has 0 spiro atoms. The molecule has 0 bridgehead atoms. The van der Waals surface area contributed by atoms with E-state index in [0.717, 1.165) is 5.56 Å². The maximum absolute atomic E-state index is 12.7. The van der Waals surface area contributed by atoms with Gasteiger partial charge in [-0.25, -0.2) is 4.79 Å². The Bertz CT molecular complexity index is 1460. The maximum Gasteiger partial charge on any atom is 0.323 e. The first-order valence-corrected chi connectivity index (χ1v) is 12.8. The van der Waals surface area contributed by atoms with Gasteiger partial charge in [0.25, 0.3) is 0 Å². The number of pyridine rings is 1. The average Bonchev–Trinajstić information content (AvgIpc) is 2.94. The summed E-state index contributed by atoms with van der Waals surface area (Å²) in [5.74, 6) is -4.12. The van der Waals surface area contributed by atoms with Crippen LogP contribution in [0.2, 0.25) is 0 Å². The third-order valence-corrected chi connectivity index (χ3v) is 6.07. The first-order chi connectivity index (χ1) is 20.0. The largest absolute Gasteiger partial charge is 0.495 e. The number of nitrogens with one attached hydrogen (secondary N) is 4. The van der Waals surface area contributed by atoms with Gasteiger partial charge in [0.1, 0.15) is 11.7 Å². The summed E-state index contributed by atoms with van der Waals surface area (Å²) in [6.45, 7) is 1.61. The molecule has 2 aromatic carbocycles. The molecular formula is C29H31N5O8. The highest BCUT2D eigenvalue weighted by molar-refractivity contribution is 6.01. The molecule has 220 valence electrons. The van der Waals surface area contributed by atoms with E-state index in [-0.39, 0.29) is 37.4 Å². The highest BCUT2D eigenvalue weighted by Gasteiger charge is 2.22. The first kappa shape index (κ1) is 31.1. The van der Waals surface area contributed by atoms with Crippen molar-refractivity contribution < 1.29 is 38.9 Å². The lowest BCUT2D eigenvalue weighted by Crippen LogP contribution is -2.32. The van der Waals surface area contributed by atoms with Crippen LogP contribution in [0, 0.1) is 6.92 Å². The predicted octanol–water partition coefficient (Wildman–Crippen LogP) is 3.37. The predicted molar refractivity (Wildman–Crippen MR) is 154 cm³/mol. The Labute approximate surface area is 241 Å². The number of methoxy groups -OCH3 is 1. The molecule has 1 aromatic heterocycles. The minimum absolute atomic E-state index is 0.0199. The van der Waals surface area contributed by atoms with Crippen molar-refractivity contribution in [1.82, 2.24) is 10.3 Å². The summed E-state index contributed by atoms with van der Waals surface area (Å²) in [5.41, 5.74) is 3.09. The Morgan fingerprint density at radius 2 is 1.62 bits per heavy atom. The lowest BCUT2D eigenvalue weighted by atomic mass is 10.0. The van der Waals surface area contributed by atoms with Gasteiger partial charge in [-0.2, -0.15) is 0 Å². The highest BCUT2D eigenvalue weighted by Crippen LogP contribution is 2.26. The first-order valence-electron chi connectivity index (χ1n) is 12.8. The monoisotopic (exact) mass is 577 g/mol. The minimum atomic E-state index is -1.22. The number of hydrogen-bond acceptors (Lipinski definition) is 7. The fraction of sp³-hybridized carbons (Fsp3) is 0.241. The summed E-state index contributed by atoms with van der Waals surface area (Å²) >= 11 is 0. The normalized spacial score (nSPS) is 11.1. The Kier molecular flexibility index (Phi) is 10.9. The van der Waals surface area contributed by atoms with Crippen LogP contribution in [0.25, 0.3) is 0 Å². The molecule has 0 aliphatic rings. The smallest absolute Gasteiger partial charge is 0.323 e. The summed E-state index contributed by atoms with van der Waals surface area (Å²) in [6, 6.07) is 14.7. The maximum atomic E-state index is 12.7. The van der Waals surface area contributed by atoms with Crippen LogP contribution in [0.1, 0.15) is 35.6 Å². The van der Waals surface area contributed by atoms with E-state index < -0.39 is 29.8 Å². The summed E-state index contributed by atoms with van der Waals surface area (Å²) in [6.07, 6.45) is 0.647. The van der Waals surface area contributed by atoms with Crippen LogP contribution in [0.3, 0.4) is 0 Å². The zero-order chi connectivity index (χ0) is 30.6. The minimum Gasteiger partial charge on any atom is -0.495 e. The highest BCUT2D eigenvalue weighted by atomic mass is 16.5. The fourth-order valence-electron chi connectivity index (χ4n) is 3.86. The third-order valence-electron chi connectivity index (χ3n) is 6.07. The van der Waals surface area contributed by atoms with Gasteiger partial charge >= 0.3 is 18.0 Å². The molecule has 13 heteroatoms. The van der Waals surface area contributed by atoms with E-state index in [1.807, 2.05) is 25.1 Å². The number of para-hydroxylation sites is 1. The standard InChI is InChI=1S/C29H31N5O8/c1-17-5-3-4-6-21(17)33-29(41)34-23-9-7-18(13-24(23)42-2)14-26(36)32-19-8-10-22(30-15-19)20(28(39)40)16-31-25(35)11-12-27(37)38/h3-10,13,15,20H,11-12,14,16H2,1-2H3,(H,31,35)(H,32,36)(H,37,38)(H,39,40)(H2,33,34,41). The summed E-state index contributed by atoms with van der Waals surface area (Å²) in [5, 5.41) is 28.8. The van der Waals surface area contributed by atoms with Gasteiger partial charge in [0.05, 0.1) is 43.2 Å². The molecule has 13 nitrogen and oxygen atoms in total. The van der Waals surface area contributed by atoms with E-state index in [1.54, 1.807) is 24.3 Å². The topological polar surface area (TPSA) is 196 Å². The summed E-state index contributed by atoms with van der Waals surface area (Å²) in [4.78, 5) is 63.2. The van der Waals surface area contributed by atoms with E-state index in [9.17, 15) is 29.1 Å². The van der Waals surface area contributed by atoms with Crippen LogP contribution in [-0.2, 0) is 25.6 Å². The molecule has 0 aliphatic carbocycles. The molecule has 3 rings (SSSR count). The van der Waals surface area contributed by atoms with E-state index in [1.165, 1.54) is 25.4 Å². The molecular weight excluding hydrogens is 546 g/mol. The van der Waals surface area contributed by atoms with Crippen molar-refractivity contribution >= 4 is 46.8 Å². The average molecular weight is 578 g/mol. The van der Waals surface area contributed by atoms with Crippen LogP contribution < -0.4 is 26.0 Å². The second-order valence-corrected chi connectivity index (χ2v) is 9.21. The van der Waals surface area contributed by atoms with E-state index in [4.69, 9.17) is 9.84 Å². The molecule has 1 atom stereocenters. The van der Waals surface area contributed by atoms with Gasteiger partial charge in [-0.05, 0) is 48.4 Å². The second kappa shape index (κ2) is 14.8. The Morgan fingerprint density at radius 3 is 2.26 bits per heavy atom. The Hall–Kier alpha value is -5.46. The number of urea groups is 1. The molecule has 1 unspecified atom stereocenters. The van der Waals surface area contributed by atoms with Crippen LogP contribution >= 0.6 is 0 Å². The molecule has 0 fully saturated rings. The number of nitrogens with zero attached hydrogens (tertiary/aromatic N) is 1. The number of carboxylic acids is 2. The number of carbonyl (C=O) groups is 5. The van der Waals surface area contributed by atoms with Crippen LogP contribution in [0.5, 0.6) is 5.75 Å². The number of carbonyl (C=O) groups excluding carboxylic acids is 3. The summed E-state index contributed by atoms with van der Waals surface area (Å²) in [7, 11) is 1.45. The van der Waals surface area contributed by atoms with Crippen molar-refractivity contribution in [1.29, 1.82) is 0 Å². The number of aliphatic carboxylic acids is 2. The van der Waals surface area contributed by atoms with Gasteiger partial charge in [0.2, 0.25) is 11.8 Å². The zero-order valence-electron chi connectivity index (χ0n) is 23.0. The second-order valence-electron chi connectivity index (χ2n) is 9.21. The third kappa shape index (κ3) is 9.33. The van der Waals surface area contributed by atoms with Crippen molar-refractivity contribution in [2.45, 2.75) is 32.1 Å². The number of aromatic nitrogens is 1. The Morgan fingerprint density at radius 1 is 0.881 bits per heavy atom. The molecule has 6 N–H and O–H groups in total. The van der Waals surface area contributed by atoms with Crippen molar-refractivity contribution in [3.63, 3.8) is 0 Å². The molecule has 42 heavy (non-hydrogen) atoms. The van der Waals surface area contributed by atoms with Crippen molar-refractivity contribution in [2.24, 2.45) is 0 Å². The van der Waals surface area contributed by atoms with Gasteiger partial charge < -0.3 is 36.2 Å². The van der Waals surface area contributed by atoms with Gasteiger partial charge in [0, 0.05) is 18.7 Å². The van der Waals surface area contributed by atoms with Gasteiger partial charge in [-0.3, -0.25) is 24.2 Å². The van der Waals surface area contributed by atoms with Crippen molar-refractivity contribution in [3.8, 4) is 5.75 Å².